The summed E-state index contributed by atoms with van der Waals surface area (Å²) < 4.78 is 4.94. The molecule has 1 heterocycles. The summed E-state index contributed by atoms with van der Waals surface area (Å²) in [6.45, 7) is 2.80. The van der Waals surface area contributed by atoms with E-state index in [4.69, 9.17) is 4.74 Å². The van der Waals surface area contributed by atoms with Gasteiger partial charge in [0.05, 0.1) is 12.1 Å². The molecule has 2 aromatic rings. The normalized spacial score (nSPS) is 10.1. The fourth-order valence-electron chi connectivity index (χ4n) is 1.49. The van der Waals surface area contributed by atoms with Crippen LogP contribution in [0.25, 0.3) is 0 Å². The van der Waals surface area contributed by atoms with Crippen LogP contribution in [-0.4, -0.2) is 17.6 Å². The van der Waals surface area contributed by atoms with E-state index < -0.39 is 0 Å². The van der Waals surface area contributed by atoms with E-state index in [0.29, 0.717) is 18.8 Å². The molecule has 4 nitrogen and oxygen atoms in total. The molecule has 94 valence electrons. The topological polar surface area (TPSA) is 51.2 Å². The number of benzene rings is 1. The van der Waals surface area contributed by atoms with Gasteiger partial charge in [-0.1, -0.05) is 30.3 Å². The van der Waals surface area contributed by atoms with E-state index in [9.17, 15) is 4.79 Å². The van der Waals surface area contributed by atoms with Crippen molar-refractivity contribution >= 4 is 22.3 Å². The smallest absolute Gasteiger partial charge is 0.360 e. The number of rotatable bonds is 5. The van der Waals surface area contributed by atoms with E-state index >= 15 is 0 Å². The van der Waals surface area contributed by atoms with E-state index in [1.54, 1.807) is 12.4 Å². The molecule has 5 heteroatoms. The molecule has 0 atom stereocenters. The van der Waals surface area contributed by atoms with E-state index in [-0.39, 0.29) is 5.97 Å². The molecule has 0 radical (unpaired) electrons. The van der Waals surface area contributed by atoms with Gasteiger partial charge in [-0.25, -0.2) is 9.78 Å². The van der Waals surface area contributed by atoms with Crippen LogP contribution < -0.4 is 5.32 Å². The standard InChI is InChI=1S/C13H14N2O2S/c1-2-17-13(16)11-12(18-9-15-11)14-8-10-6-4-3-5-7-10/h3-7,9,14H,2,8H2,1H3. The Morgan fingerprint density at radius 1 is 1.39 bits per heavy atom. The minimum absolute atomic E-state index is 0.356. The quantitative estimate of drug-likeness (QED) is 0.842. The Kier molecular flexibility index (Phi) is 4.30. The third-order valence-corrected chi connectivity index (χ3v) is 3.12. The number of carbonyl (C=O) groups excluding carboxylic acids is 1. The van der Waals surface area contributed by atoms with Crippen LogP contribution in [0, 0.1) is 0 Å². The highest BCUT2D eigenvalue weighted by atomic mass is 32.1. The Hall–Kier alpha value is -1.88. The summed E-state index contributed by atoms with van der Waals surface area (Å²) in [6.07, 6.45) is 0. The van der Waals surface area contributed by atoms with Crippen molar-refractivity contribution in [3.05, 3.63) is 47.1 Å². The minimum atomic E-state index is -0.380. The Labute approximate surface area is 110 Å². The zero-order valence-electron chi connectivity index (χ0n) is 10.1. The molecule has 2 rings (SSSR count). The lowest BCUT2D eigenvalue weighted by molar-refractivity contribution is 0.0521. The molecule has 0 fully saturated rings. The molecule has 1 aromatic heterocycles. The van der Waals surface area contributed by atoms with Crippen LogP contribution >= 0.6 is 11.3 Å². The number of esters is 1. The highest BCUT2D eigenvalue weighted by Crippen LogP contribution is 2.21. The van der Waals surface area contributed by atoms with Crippen molar-refractivity contribution in [1.29, 1.82) is 0 Å². The van der Waals surface area contributed by atoms with Crippen molar-refractivity contribution in [2.45, 2.75) is 13.5 Å². The molecule has 0 saturated heterocycles. The molecule has 1 aromatic carbocycles. The Morgan fingerprint density at radius 3 is 2.89 bits per heavy atom. The number of ether oxygens (including phenoxy) is 1. The second-order valence-electron chi connectivity index (χ2n) is 3.59. The van der Waals surface area contributed by atoms with Crippen LogP contribution in [0.5, 0.6) is 0 Å². The van der Waals surface area contributed by atoms with Crippen LogP contribution in [0.1, 0.15) is 23.0 Å². The number of nitrogens with zero attached hydrogens (tertiary/aromatic N) is 1. The van der Waals surface area contributed by atoms with Gasteiger partial charge in [0, 0.05) is 6.54 Å². The molecule has 0 spiro atoms. The largest absolute Gasteiger partial charge is 0.461 e. The van der Waals surface area contributed by atoms with Crippen LogP contribution in [0.4, 0.5) is 5.00 Å². The Morgan fingerprint density at radius 2 is 2.17 bits per heavy atom. The van der Waals surface area contributed by atoms with Crippen LogP contribution in [-0.2, 0) is 11.3 Å². The van der Waals surface area contributed by atoms with Crippen molar-refractivity contribution < 1.29 is 9.53 Å². The van der Waals surface area contributed by atoms with Crippen molar-refractivity contribution in [1.82, 2.24) is 4.98 Å². The number of thiazole rings is 1. The maximum absolute atomic E-state index is 11.6. The van der Waals surface area contributed by atoms with Gasteiger partial charge in [-0.2, -0.15) is 0 Å². The lowest BCUT2D eigenvalue weighted by Gasteiger charge is -2.05. The molecule has 0 aliphatic carbocycles. The minimum Gasteiger partial charge on any atom is -0.461 e. The number of hydrogen-bond acceptors (Lipinski definition) is 5. The molecule has 0 aliphatic heterocycles. The van der Waals surface area contributed by atoms with Gasteiger partial charge in [-0.05, 0) is 12.5 Å². The maximum Gasteiger partial charge on any atom is 0.360 e. The first-order valence-electron chi connectivity index (χ1n) is 5.69. The molecular weight excluding hydrogens is 248 g/mol. The van der Waals surface area contributed by atoms with Crippen molar-refractivity contribution in [3.63, 3.8) is 0 Å². The monoisotopic (exact) mass is 262 g/mol. The lowest BCUT2D eigenvalue weighted by Crippen LogP contribution is -2.08. The van der Waals surface area contributed by atoms with Gasteiger partial charge in [-0.15, -0.1) is 11.3 Å². The zero-order valence-corrected chi connectivity index (χ0v) is 10.9. The van der Waals surface area contributed by atoms with Gasteiger partial charge < -0.3 is 10.1 Å². The third kappa shape index (κ3) is 3.07. The molecule has 0 bridgehead atoms. The second kappa shape index (κ2) is 6.16. The van der Waals surface area contributed by atoms with Gasteiger partial charge in [0.25, 0.3) is 0 Å². The van der Waals surface area contributed by atoms with Crippen LogP contribution in [0.15, 0.2) is 35.8 Å². The summed E-state index contributed by atoms with van der Waals surface area (Å²) in [5.74, 6) is -0.380. The van der Waals surface area contributed by atoms with Crippen LogP contribution in [0.2, 0.25) is 0 Å². The van der Waals surface area contributed by atoms with Crippen molar-refractivity contribution in [2.24, 2.45) is 0 Å². The molecule has 0 amide bonds. The summed E-state index contributed by atoms with van der Waals surface area (Å²) in [5, 5.41) is 3.95. The van der Waals surface area contributed by atoms with Crippen molar-refractivity contribution in [2.75, 3.05) is 11.9 Å². The highest BCUT2D eigenvalue weighted by molar-refractivity contribution is 7.14. The fourth-order valence-corrected chi connectivity index (χ4v) is 2.16. The second-order valence-corrected chi connectivity index (χ2v) is 4.44. The maximum atomic E-state index is 11.6. The SMILES string of the molecule is CCOC(=O)c1ncsc1NCc1ccccc1. The first-order chi connectivity index (χ1) is 8.81. The van der Waals surface area contributed by atoms with E-state index in [0.717, 1.165) is 10.6 Å². The lowest BCUT2D eigenvalue weighted by atomic mass is 10.2. The molecular formula is C13H14N2O2S. The molecule has 0 unspecified atom stereocenters. The first kappa shape index (κ1) is 12.6. The molecule has 0 aliphatic rings. The highest BCUT2D eigenvalue weighted by Gasteiger charge is 2.15. The predicted octanol–water partition coefficient (Wildman–Crippen LogP) is 2.93. The van der Waals surface area contributed by atoms with Gasteiger partial charge in [0.1, 0.15) is 5.00 Å². The molecule has 0 saturated carbocycles. The first-order valence-corrected chi connectivity index (χ1v) is 6.57. The van der Waals surface area contributed by atoms with Gasteiger partial charge >= 0.3 is 5.97 Å². The number of nitrogens with one attached hydrogen (secondary N) is 1. The van der Waals surface area contributed by atoms with E-state index in [1.807, 2.05) is 30.3 Å². The summed E-state index contributed by atoms with van der Waals surface area (Å²) in [4.78, 5) is 15.6. The average molecular weight is 262 g/mol. The average Bonchev–Trinajstić information content (AvgIpc) is 2.86. The zero-order chi connectivity index (χ0) is 12.8. The van der Waals surface area contributed by atoms with E-state index in [1.165, 1.54) is 11.3 Å². The Balaban J connectivity index is 2.02. The number of hydrogen-bond donors (Lipinski definition) is 1. The summed E-state index contributed by atoms with van der Waals surface area (Å²) in [5.41, 5.74) is 3.15. The fraction of sp³-hybridized carbons (Fsp3) is 0.231. The number of anilines is 1. The van der Waals surface area contributed by atoms with Crippen LogP contribution in [0.3, 0.4) is 0 Å². The Bertz CT molecular complexity index is 511. The van der Waals surface area contributed by atoms with Crippen molar-refractivity contribution in [3.8, 4) is 0 Å². The molecule has 18 heavy (non-hydrogen) atoms. The van der Waals surface area contributed by atoms with Gasteiger partial charge in [-0.3, -0.25) is 0 Å². The summed E-state index contributed by atoms with van der Waals surface area (Å²) in [6, 6.07) is 9.99. The third-order valence-electron chi connectivity index (χ3n) is 2.33. The predicted molar refractivity (Wildman–Crippen MR) is 71.8 cm³/mol. The number of carbonyl (C=O) groups is 1. The number of aromatic nitrogens is 1. The molecule has 1 N–H and O–H groups in total. The van der Waals surface area contributed by atoms with E-state index in [2.05, 4.69) is 10.3 Å². The summed E-state index contributed by atoms with van der Waals surface area (Å²) in [7, 11) is 0. The van der Waals surface area contributed by atoms with Gasteiger partial charge in [0.15, 0.2) is 5.69 Å². The van der Waals surface area contributed by atoms with Gasteiger partial charge in [0.2, 0.25) is 0 Å². The summed E-state index contributed by atoms with van der Waals surface area (Å²) >= 11 is 1.40.